The van der Waals surface area contributed by atoms with Crippen LogP contribution in [0.1, 0.15) is 124 Å². The van der Waals surface area contributed by atoms with Crippen LogP contribution in [0.4, 0.5) is 45.5 Å². The molecule has 0 radical (unpaired) electrons. The van der Waals surface area contributed by atoms with Gasteiger partial charge in [0.05, 0.1) is 27.7 Å². The fraction of sp³-hybridized carbons (Fsp3) is 0.294. The fourth-order valence-electron chi connectivity index (χ4n) is 14.1. The minimum absolute atomic E-state index is 0.0208. The van der Waals surface area contributed by atoms with Crippen LogP contribution in [-0.2, 0) is 21.7 Å². The van der Waals surface area contributed by atoms with E-state index in [1.54, 1.807) is 0 Å². The van der Waals surface area contributed by atoms with Gasteiger partial charge in [0.15, 0.2) is 0 Å². The first kappa shape index (κ1) is 45.4. The van der Waals surface area contributed by atoms with Crippen LogP contribution in [0, 0.1) is 0 Å². The van der Waals surface area contributed by atoms with Gasteiger partial charge in [-0.3, -0.25) is 0 Å². The van der Waals surface area contributed by atoms with E-state index in [1.165, 1.54) is 85.6 Å². The van der Waals surface area contributed by atoms with Gasteiger partial charge < -0.3 is 23.5 Å². The first-order chi connectivity index (χ1) is 35.3. The summed E-state index contributed by atoms with van der Waals surface area (Å²) in [4.78, 5) is 8.05. The molecule has 10 aromatic rings. The van der Waals surface area contributed by atoms with Crippen LogP contribution in [-0.4, -0.2) is 12.3 Å². The molecule has 14 rings (SSSR count). The van der Waals surface area contributed by atoms with E-state index in [2.05, 4.69) is 243 Å². The van der Waals surface area contributed by atoms with Crippen molar-refractivity contribution in [3.8, 4) is 0 Å². The summed E-state index contributed by atoms with van der Waals surface area (Å²) >= 11 is 0. The van der Waals surface area contributed by atoms with E-state index in [0.717, 1.165) is 68.1 Å². The first-order valence-corrected chi connectivity index (χ1v) is 27.2. The van der Waals surface area contributed by atoms with Crippen LogP contribution in [0.15, 0.2) is 160 Å². The van der Waals surface area contributed by atoms with Gasteiger partial charge in [0.1, 0.15) is 22.3 Å². The average molecular weight is 968 g/mol. The van der Waals surface area contributed by atoms with Gasteiger partial charge in [-0.15, -0.1) is 0 Å². The SMILES string of the molecule is CC(C)(C)c1ccc2c(c1)B1c3cc(C(C)(C)C)ccc3N(c3cccc4oc5ccccc5c34)c3cc(N4c5ccc(C(C)(C)C)cc5C5(C)CCCCC45C)cc(c31)N2c1cccc2oc3ccccc3c12. The Morgan fingerprint density at radius 3 is 1.38 bits per heavy atom. The highest BCUT2D eigenvalue weighted by molar-refractivity contribution is 7.00. The summed E-state index contributed by atoms with van der Waals surface area (Å²) in [6, 6.07) is 57.8. The molecule has 0 saturated heterocycles. The van der Waals surface area contributed by atoms with Crippen molar-refractivity contribution >= 4 is 112 Å². The molecule has 1 saturated carbocycles. The molecule has 0 amide bonds. The molecule has 368 valence electrons. The molecule has 8 aromatic carbocycles. The molecule has 1 fully saturated rings. The second kappa shape index (κ2) is 15.2. The zero-order chi connectivity index (χ0) is 51.0. The Morgan fingerprint density at radius 2 is 0.878 bits per heavy atom. The van der Waals surface area contributed by atoms with Crippen molar-refractivity contribution in [1.29, 1.82) is 0 Å². The molecule has 2 atom stereocenters. The van der Waals surface area contributed by atoms with Gasteiger partial charge in [0, 0.05) is 50.3 Å². The highest BCUT2D eigenvalue weighted by atomic mass is 16.3. The number of hydrogen-bond acceptors (Lipinski definition) is 5. The fourth-order valence-corrected chi connectivity index (χ4v) is 14.1. The second-order valence-corrected chi connectivity index (χ2v) is 25.7. The Hall–Kier alpha value is -7.18. The van der Waals surface area contributed by atoms with Crippen molar-refractivity contribution in [2.75, 3.05) is 14.7 Å². The van der Waals surface area contributed by atoms with E-state index in [9.17, 15) is 0 Å². The lowest BCUT2D eigenvalue weighted by atomic mass is 9.33. The maximum atomic E-state index is 6.74. The molecule has 1 aliphatic carbocycles. The molecule has 6 heteroatoms. The molecule has 3 aliphatic heterocycles. The van der Waals surface area contributed by atoms with Crippen LogP contribution >= 0.6 is 0 Å². The smallest absolute Gasteiger partial charge is 0.252 e. The Balaban J connectivity index is 1.16. The van der Waals surface area contributed by atoms with E-state index in [0.29, 0.717) is 0 Å². The van der Waals surface area contributed by atoms with Crippen molar-refractivity contribution in [3.63, 3.8) is 0 Å². The average Bonchev–Trinajstić information content (AvgIpc) is 4.05. The van der Waals surface area contributed by atoms with Crippen LogP contribution in [0.5, 0.6) is 0 Å². The third-order valence-electron chi connectivity index (χ3n) is 18.3. The van der Waals surface area contributed by atoms with Gasteiger partial charge in [-0.2, -0.15) is 0 Å². The quantitative estimate of drug-likeness (QED) is 0.165. The minimum Gasteiger partial charge on any atom is -0.456 e. The van der Waals surface area contributed by atoms with Crippen LogP contribution < -0.4 is 31.1 Å². The van der Waals surface area contributed by atoms with Crippen LogP contribution in [0.25, 0.3) is 43.9 Å². The van der Waals surface area contributed by atoms with E-state index < -0.39 is 0 Å². The van der Waals surface area contributed by atoms with E-state index in [-0.39, 0.29) is 33.9 Å². The highest BCUT2D eigenvalue weighted by Gasteiger charge is 2.58. The Morgan fingerprint density at radius 1 is 0.432 bits per heavy atom. The lowest BCUT2D eigenvalue weighted by Crippen LogP contribution is -2.62. The van der Waals surface area contributed by atoms with Gasteiger partial charge >= 0.3 is 0 Å². The monoisotopic (exact) mass is 968 g/mol. The lowest BCUT2D eigenvalue weighted by Gasteiger charge is -2.51. The predicted octanol–water partition coefficient (Wildman–Crippen LogP) is 17.2. The number of benzene rings is 8. The predicted molar refractivity (Wildman–Crippen MR) is 314 cm³/mol. The molecule has 5 heterocycles. The number of rotatable bonds is 3. The molecular weight excluding hydrogens is 902 g/mol. The van der Waals surface area contributed by atoms with E-state index in [1.807, 2.05) is 0 Å². The molecule has 2 aromatic heterocycles. The number of furan rings is 2. The van der Waals surface area contributed by atoms with E-state index in [4.69, 9.17) is 8.83 Å². The Kier molecular flexibility index (Phi) is 9.34. The summed E-state index contributed by atoms with van der Waals surface area (Å²) in [6.07, 6.45) is 4.67. The molecular formula is C68H66BN3O2. The van der Waals surface area contributed by atoms with Crippen molar-refractivity contribution in [1.82, 2.24) is 0 Å². The molecule has 0 N–H and O–H groups in total. The first-order valence-electron chi connectivity index (χ1n) is 27.2. The molecule has 5 nitrogen and oxygen atoms in total. The normalized spacial score (nSPS) is 19.3. The summed E-state index contributed by atoms with van der Waals surface area (Å²) in [5.74, 6) is 0. The zero-order valence-corrected chi connectivity index (χ0v) is 45.0. The topological polar surface area (TPSA) is 36.0 Å². The standard InChI is InChI=1S/C68H66BN3O2/c1-64(2,3)41-28-31-50-47(36-41)67(10)34-16-17-35-68(67,11)72(50)44-39-55-63-56(40-44)71(54-23-19-27-60-62(54)46-21-13-15-25-58(46)74-60)52-33-30-43(66(7,8)9)38-49(52)69(63)48-37-42(65(4,5)6)29-32-51(48)70(55)53-22-18-26-59-61(53)45-20-12-14-24-57(45)73-59/h12-15,18-33,36-40H,16-17,34-35H2,1-11H3. The van der Waals surface area contributed by atoms with Crippen LogP contribution in [0.3, 0.4) is 0 Å². The molecule has 0 bridgehead atoms. The lowest BCUT2D eigenvalue weighted by molar-refractivity contribution is 0.195. The van der Waals surface area contributed by atoms with Crippen molar-refractivity contribution in [2.24, 2.45) is 0 Å². The van der Waals surface area contributed by atoms with Gasteiger partial charge in [0.25, 0.3) is 6.71 Å². The van der Waals surface area contributed by atoms with Crippen LogP contribution in [0.2, 0.25) is 0 Å². The number of para-hydroxylation sites is 2. The van der Waals surface area contributed by atoms with Gasteiger partial charge in [-0.05, 0) is 141 Å². The number of hydrogen-bond donors (Lipinski definition) is 0. The molecule has 2 unspecified atom stereocenters. The third kappa shape index (κ3) is 6.23. The Labute approximate surface area is 436 Å². The third-order valence-corrected chi connectivity index (χ3v) is 18.3. The van der Waals surface area contributed by atoms with Gasteiger partial charge in [-0.25, -0.2) is 0 Å². The summed E-state index contributed by atoms with van der Waals surface area (Å²) in [5.41, 5.74) is 22.2. The van der Waals surface area contributed by atoms with Gasteiger partial charge in [0.2, 0.25) is 0 Å². The number of nitrogens with zero attached hydrogens (tertiary/aromatic N) is 3. The summed E-state index contributed by atoms with van der Waals surface area (Å²) in [6.45, 7) is 26.2. The maximum Gasteiger partial charge on any atom is 0.252 e. The summed E-state index contributed by atoms with van der Waals surface area (Å²) in [5, 5.41) is 4.48. The summed E-state index contributed by atoms with van der Waals surface area (Å²) in [7, 11) is 0. The highest BCUT2D eigenvalue weighted by Crippen LogP contribution is 2.62. The minimum atomic E-state index is -0.190. The number of anilines is 8. The zero-order valence-electron chi connectivity index (χ0n) is 45.0. The van der Waals surface area contributed by atoms with Crippen molar-refractivity contribution in [2.45, 2.75) is 129 Å². The van der Waals surface area contributed by atoms with E-state index >= 15 is 0 Å². The van der Waals surface area contributed by atoms with Crippen molar-refractivity contribution in [3.05, 3.63) is 174 Å². The Bertz CT molecular complexity index is 3800. The van der Waals surface area contributed by atoms with Crippen molar-refractivity contribution < 1.29 is 8.83 Å². The molecule has 0 spiro atoms. The van der Waals surface area contributed by atoms with Gasteiger partial charge in [-0.1, -0.05) is 167 Å². The number of fused-ring (bicyclic) bond motifs is 13. The largest absolute Gasteiger partial charge is 0.456 e. The summed E-state index contributed by atoms with van der Waals surface area (Å²) < 4.78 is 13.5. The molecule has 4 aliphatic rings. The molecule has 74 heavy (non-hydrogen) atoms. The maximum absolute atomic E-state index is 6.74. The second-order valence-electron chi connectivity index (χ2n) is 25.7.